The summed E-state index contributed by atoms with van der Waals surface area (Å²) in [6, 6.07) is 2.27. The van der Waals surface area contributed by atoms with Gasteiger partial charge in [-0.1, -0.05) is 0 Å². The highest BCUT2D eigenvalue weighted by atomic mass is 35.5. The van der Waals surface area contributed by atoms with Gasteiger partial charge in [-0.2, -0.15) is 5.26 Å². The third-order valence-electron chi connectivity index (χ3n) is 3.25. The summed E-state index contributed by atoms with van der Waals surface area (Å²) >= 11 is 5.82. The van der Waals surface area contributed by atoms with Gasteiger partial charge in [-0.15, -0.1) is 11.6 Å². The quantitative estimate of drug-likeness (QED) is 0.692. The summed E-state index contributed by atoms with van der Waals surface area (Å²) in [5.41, 5.74) is 0. The lowest BCUT2D eigenvalue weighted by molar-refractivity contribution is -0.124. The number of piperidine rings is 1. The number of hydrogen-bond acceptors (Lipinski definition) is 3. The van der Waals surface area contributed by atoms with Crippen molar-refractivity contribution in [3.63, 3.8) is 0 Å². The molecule has 0 radical (unpaired) electrons. The Morgan fingerprint density at radius 3 is 3.27 bits per heavy atom. The zero-order valence-corrected chi connectivity index (χ0v) is 9.20. The Hall–Kier alpha value is -0.790. The van der Waals surface area contributed by atoms with E-state index in [1.807, 2.05) is 6.07 Å². The van der Waals surface area contributed by atoms with E-state index >= 15 is 0 Å². The van der Waals surface area contributed by atoms with E-state index in [4.69, 9.17) is 16.9 Å². The topological polar surface area (TPSA) is 56.1 Å². The van der Waals surface area contributed by atoms with Crippen LogP contribution in [-0.2, 0) is 4.79 Å². The number of likely N-dealkylation sites (tertiary alicyclic amines) is 1. The number of hydrogen-bond donors (Lipinski definition) is 1. The molecule has 1 N–H and O–H groups in total. The van der Waals surface area contributed by atoms with Crippen molar-refractivity contribution in [2.75, 3.05) is 19.6 Å². The van der Waals surface area contributed by atoms with Gasteiger partial charge < -0.3 is 5.32 Å². The van der Waals surface area contributed by atoms with Crippen LogP contribution in [0, 0.1) is 17.2 Å². The Bertz CT molecular complexity index is 302. The van der Waals surface area contributed by atoms with Crippen molar-refractivity contribution in [2.24, 2.45) is 5.92 Å². The van der Waals surface area contributed by atoms with Gasteiger partial charge in [-0.05, 0) is 19.4 Å². The molecule has 0 aromatic carbocycles. The van der Waals surface area contributed by atoms with Crippen molar-refractivity contribution >= 4 is 17.5 Å². The average Bonchev–Trinajstić information content (AvgIpc) is 2.62. The van der Waals surface area contributed by atoms with Crippen LogP contribution in [0.3, 0.4) is 0 Å². The van der Waals surface area contributed by atoms with E-state index in [0.29, 0.717) is 13.1 Å². The fourth-order valence-corrected chi connectivity index (χ4v) is 2.69. The van der Waals surface area contributed by atoms with E-state index in [2.05, 4.69) is 10.2 Å². The lowest BCUT2D eigenvalue weighted by atomic mass is 9.91. The molecule has 82 valence electrons. The Balaban J connectivity index is 2.01. The first-order valence-electron chi connectivity index (χ1n) is 5.28. The number of carbonyl (C=O) groups excluding carboxylic acids is 1. The summed E-state index contributed by atoms with van der Waals surface area (Å²) in [5.74, 6) is 0.272. The summed E-state index contributed by atoms with van der Waals surface area (Å²) in [7, 11) is 0. The zero-order chi connectivity index (χ0) is 10.8. The van der Waals surface area contributed by atoms with E-state index in [1.165, 1.54) is 0 Å². The fourth-order valence-electron chi connectivity index (χ4n) is 2.51. The zero-order valence-electron chi connectivity index (χ0n) is 8.45. The van der Waals surface area contributed by atoms with Crippen LogP contribution in [0.1, 0.15) is 12.8 Å². The number of nitrogens with zero attached hydrogens (tertiary/aromatic N) is 2. The number of halogens is 1. The van der Waals surface area contributed by atoms with Gasteiger partial charge in [0.1, 0.15) is 5.38 Å². The average molecular weight is 228 g/mol. The highest BCUT2D eigenvalue weighted by molar-refractivity contribution is 6.22. The van der Waals surface area contributed by atoms with Crippen molar-refractivity contribution in [3.05, 3.63) is 0 Å². The number of nitrogens with one attached hydrogen (secondary N) is 1. The van der Waals surface area contributed by atoms with Crippen LogP contribution in [0.4, 0.5) is 0 Å². The first kappa shape index (κ1) is 10.7. The molecule has 0 bridgehead atoms. The number of carbonyl (C=O) groups is 1. The molecular formula is C10H14ClN3O. The first-order chi connectivity index (χ1) is 7.22. The monoisotopic (exact) mass is 227 g/mol. The largest absolute Gasteiger partial charge is 0.354 e. The molecule has 2 rings (SSSR count). The molecule has 0 aromatic rings. The second-order valence-corrected chi connectivity index (χ2v) is 4.68. The number of alkyl halides is 1. The molecular weight excluding hydrogens is 214 g/mol. The lowest BCUT2D eigenvalue weighted by Gasteiger charge is -2.35. The van der Waals surface area contributed by atoms with Gasteiger partial charge >= 0.3 is 0 Å². The van der Waals surface area contributed by atoms with Crippen molar-refractivity contribution in [1.29, 1.82) is 5.26 Å². The number of fused-ring (bicyclic) bond motifs is 1. The predicted molar refractivity (Wildman–Crippen MR) is 56.3 cm³/mol. The minimum Gasteiger partial charge on any atom is -0.354 e. The second kappa shape index (κ2) is 4.38. The first-order valence-corrected chi connectivity index (χ1v) is 5.71. The number of rotatable bonds is 2. The molecule has 4 nitrogen and oxygen atoms in total. The molecule has 2 fully saturated rings. The Kier molecular flexibility index (Phi) is 3.13. The van der Waals surface area contributed by atoms with Crippen LogP contribution in [0.5, 0.6) is 0 Å². The van der Waals surface area contributed by atoms with Gasteiger partial charge in [0.25, 0.3) is 0 Å². The third kappa shape index (κ3) is 2.09. The number of nitriles is 1. The van der Waals surface area contributed by atoms with Crippen LogP contribution in [0.25, 0.3) is 0 Å². The standard InChI is InChI=1S/C10H14ClN3O/c11-7(4-12)6-14-3-1-2-8-9(14)5-13-10(8)15/h7-9H,1-3,5-6H2,(H,13,15). The van der Waals surface area contributed by atoms with Crippen LogP contribution in [0.15, 0.2) is 0 Å². The SMILES string of the molecule is N#CC(Cl)CN1CCCC2C(=O)NCC21. The summed E-state index contributed by atoms with van der Waals surface area (Å²) < 4.78 is 0. The van der Waals surface area contributed by atoms with E-state index in [1.54, 1.807) is 0 Å². The van der Waals surface area contributed by atoms with Gasteiger partial charge in [-0.25, -0.2) is 0 Å². The Morgan fingerprint density at radius 1 is 1.73 bits per heavy atom. The maximum absolute atomic E-state index is 11.5. The van der Waals surface area contributed by atoms with E-state index in [9.17, 15) is 4.79 Å². The molecule has 0 aliphatic carbocycles. The molecule has 2 saturated heterocycles. The van der Waals surface area contributed by atoms with Crippen molar-refractivity contribution < 1.29 is 4.79 Å². The molecule has 15 heavy (non-hydrogen) atoms. The maximum atomic E-state index is 11.5. The normalized spacial score (nSPS) is 32.9. The summed E-state index contributed by atoms with van der Waals surface area (Å²) in [6.07, 6.45) is 1.98. The lowest BCUT2D eigenvalue weighted by Crippen LogP contribution is -2.47. The molecule has 3 unspecified atom stereocenters. The predicted octanol–water partition coefficient (Wildman–Crippen LogP) is 0.328. The minimum absolute atomic E-state index is 0.112. The number of amides is 1. The van der Waals surface area contributed by atoms with Crippen molar-refractivity contribution in [3.8, 4) is 6.07 Å². The highest BCUT2D eigenvalue weighted by Crippen LogP contribution is 2.27. The molecule has 3 atom stereocenters. The molecule has 2 heterocycles. The van der Waals surface area contributed by atoms with Crippen molar-refractivity contribution in [2.45, 2.75) is 24.3 Å². The van der Waals surface area contributed by atoms with Gasteiger partial charge in [0.15, 0.2) is 0 Å². The molecule has 0 saturated carbocycles. The van der Waals surface area contributed by atoms with E-state index in [0.717, 1.165) is 19.4 Å². The Labute approximate surface area is 94.2 Å². The van der Waals surface area contributed by atoms with E-state index in [-0.39, 0.29) is 17.9 Å². The van der Waals surface area contributed by atoms with Gasteiger partial charge in [0.2, 0.25) is 5.91 Å². The molecule has 5 heteroatoms. The van der Waals surface area contributed by atoms with Gasteiger partial charge in [0.05, 0.1) is 12.0 Å². The van der Waals surface area contributed by atoms with E-state index < -0.39 is 5.38 Å². The maximum Gasteiger partial charge on any atom is 0.224 e. The third-order valence-corrected chi connectivity index (χ3v) is 3.49. The van der Waals surface area contributed by atoms with Gasteiger partial charge in [-0.3, -0.25) is 9.69 Å². The smallest absolute Gasteiger partial charge is 0.224 e. The fraction of sp³-hybridized carbons (Fsp3) is 0.800. The summed E-state index contributed by atoms with van der Waals surface area (Å²) in [6.45, 7) is 2.22. The highest BCUT2D eigenvalue weighted by Gasteiger charge is 2.40. The van der Waals surface area contributed by atoms with Crippen LogP contribution in [-0.4, -0.2) is 41.9 Å². The molecule has 2 aliphatic rings. The van der Waals surface area contributed by atoms with Crippen molar-refractivity contribution in [1.82, 2.24) is 10.2 Å². The molecule has 1 amide bonds. The summed E-state index contributed by atoms with van der Waals surface area (Å²) in [5, 5.41) is 11.1. The van der Waals surface area contributed by atoms with Gasteiger partial charge in [0, 0.05) is 19.1 Å². The van der Waals surface area contributed by atoms with Crippen LogP contribution in [0.2, 0.25) is 0 Å². The summed E-state index contributed by atoms with van der Waals surface area (Å²) in [4.78, 5) is 13.6. The van der Waals surface area contributed by atoms with Crippen LogP contribution >= 0.6 is 11.6 Å². The molecule has 0 aromatic heterocycles. The molecule has 0 spiro atoms. The second-order valence-electron chi connectivity index (χ2n) is 4.15. The van der Waals surface area contributed by atoms with Crippen LogP contribution < -0.4 is 5.32 Å². The molecule has 2 aliphatic heterocycles. The minimum atomic E-state index is -0.473. The Morgan fingerprint density at radius 2 is 2.53 bits per heavy atom.